The molecule has 1 atom stereocenters. The Morgan fingerprint density at radius 2 is 2.20 bits per heavy atom. The summed E-state index contributed by atoms with van der Waals surface area (Å²) in [6.07, 6.45) is -3.64. The van der Waals surface area contributed by atoms with Crippen molar-refractivity contribution in [3.63, 3.8) is 0 Å². The first-order chi connectivity index (χ1) is 6.94. The van der Waals surface area contributed by atoms with Crippen LogP contribution in [0.1, 0.15) is 19.3 Å². The van der Waals surface area contributed by atoms with E-state index in [1.165, 1.54) is 4.90 Å². The van der Waals surface area contributed by atoms with Gasteiger partial charge in [0.1, 0.15) is 0 Å². The van der Waals surface area contributed by atoms with Gasteiger partial charge >= 0.3 is 6.18 Å². The maximum atomic E-state index is 12.0. The largest absolute Gasteiger partial charge is 0.390 e. The van der Waals surface area contributed by atoms with Crippen LogP contribution in [-0.4, -0.2) is 43.2 Å². The van der Waals surface area contributed by atoms with Crippen molar-refractivity contribution in [3.8, 4) is 0 Å². The predicted octanol–water partition coefficient (Wildman–Crippen LogP) is 1.15. The molecule has 1 saturated heterocycles. The van der Waals surface area contributed by atoms with Crippen LogP contribution in [0, 0.1) is 0 Å². The van der Waals surface area contributed by atoms with E-state index >= 15 is 0 Å². The highest BCUT2D eigenvalue weighted by Gasteiger charge is 2.32. The summed E-state index contributed by atoms with van der Waals surface area (Å²) in [6.45, 7) is 0.216. The van der Waals surface area contributed by atoms with Crippen molar-refractivity contribution >= 4 is 5.91 Å². The molecule has 88 valence electrons. The van der Waals surface area contributed by atoms with Gasteiger partial charge in [0.15, 0.2) is 0 Å². The van der Waals surface area contributed by atoms with Crippen molar-refractivity contribution in [2.75, 3.05) is 20.1 Å². The van der Waals surface area contributed by atoms with E-state index in [0.717, 1.165) is 6.42 Å². The molecular formula is C9H15F3N2O. The quantitative estimate of drug-likeness (QED) is 0.780. The summed E-state index contributed by atoms with van der Waals surface area (Å²) in [4.78, 5) is 12.9. The van der Waals surface area contributed by atoms with Crippen molar-refractivity contribution in [2.24, 2.45) is 0 Å². The lowest BCUT2D eigenvalue weighted by molar-refractivity contribution is -0.148. The summed E-state index contributed by atoms with van der Waals surface area (Å²) in [5, 5.41) is 2.81. The second-order valence-electron chi connectivity index (χ2n) is 3.67. The summed E-state index contributed by atoms with van der Waals surface area (Å²) in [7, 11) is 1.65. The van der Waals surface area contributed by atoms with Gasteiger partial charge in [0.2, 0.25) is 5.91 Å². The number of amides is 1. The normalized spacial score (nSPS) is 23.3. The molecule has 0 aliphatic carbocycles. The highest BCUT2D eigenvalue weighted by Crippen LogP contribution is 2.21. The van der Waals surface area contributed by atoms with Crippen LogP contribution in [0.4, 0.5) is 13.2 Å². The number of nitrogens with one attached hydrogen (secondary N) is 1. The molecule has 0 radical (unpaired) electrons. The van der Waals surface area contributed by atoms with Crippen LogP contribution in [0.25, 0.3) is 0 Å². The standard InChI is InChI=1S/C9H15F3N2O/c1-13-7-3-2-5-14(8(7)15)6-4-9(10,11)12/h7,13H,2-6H2,1H3. The molecule has 6 heteroatoms. The van der Waals surface area contributed by atoms with E-state index in [1.807, 2.05) is 0 Å². The van der Waals surface area contributed by atoms with E-state index in [-0.39, 0.29) is 18.5 Å². The Morgan fingerprint density at radius 1 is 1.53 bits per heavy atom. The fraction of sp³-hybridized carbons (Fsp3) is 0.889. The van der Waals surface area contributed by atoms with Gasteiger partial charge in [-0.1, -0.05) is 0 Å². The molecule has 1 rings (SSSR count). The Morgan fingerprint density at radius 3 is 2.73 bits per heavy atom. The average Bonchev–Trinajstić information content (AvgIpc) is 2.15. The van der Waals surface area contributed by atoms with Gasteiger partial charge in [-0.25, -0.2) is 0 Å². The molecule has 15 heavy (non-hydrogen) atoms. The summed E-state index contributed by atoms with van der Waals surface area (Å²) < 4.78 is 35.9. The number of piperidine rings is 1. The Balaban J connectivity index is 2.44. The highest BCUT2D eigenvalue weighted by atomic mass is 19.4. The first-order valence-electron chi connectivity index (χ1n) is 4.97. The maximum absolute atomic E-state index is 12.0. The van der Waals surface area contributed by atoms with Crippen molar-refractivity contribution in [3.05, 3.63) is 0 Å². The maximum Gasteiger partial charge on any atom is 0.390 e. The summed E-state index contributed by atoms with van der Waals surface area (Å²) in [6, 6.07) is -0.313. The van der Waals surface area contributed by atoms with Gasteiger partial charge in [0.25, 0.3) is 0 Å². The molecule has 1 amide bonds. The van der Waals surface area contributed by atoms with Gasteiger partial charge in [0, 0.05) is 13.1 Å². The topological polar surface area (TPSA) is 32.3 Å². The number of carbonyl (C=O) groups is 1. The summed E-state index contributed by atoms with van der Waals surface area (Å²) in [5.41, 5.74) is 0. The number of hydrogen-bond donors (Lipinski definition) is 1. The fourth-order valence-corrected chi connectivity index (χ4v) is 1.69. The molecule has 3 nitrogen and oxygen atoms in total. The second-order valence-corrected chi connectivity index (χ2v) is 3.67. The predicted molar refractivity (Wildman–Crippen MR) is 49.3 cm³/mol. The van der Waals surface area contributed by atoms with Gasteiger partial charge < -0.3 is 10.2 Å². The van der Waals surface area contributed by atoms with E-state index in [1.54, 1.807) is 7.05 Å². The fourth-order valence-electron chi connectivity index (χ4n) is 1.69. The first-order valence-corrected chi connectivity index (χ1v) is 4.97. The highest BCUT2D eigenvalue weighted by molar-refractivity contribution is 5.82. The lowest BCUT2D eigenvalue weighted by Gasteiger charge is -2.32. The van der Waals surface area contributed by atoms with Crippen LogP contribution < -0.4 is 5.32 Å². The average molecular weight is 224 g/mol. The van der Waals surface area contributed by atoms with Crippen molar-refractivity contribution in [1.82, 2.24) is 10.2 Å². The monoisotopic (exact) mass is 224 g/mol. The number of nitrogens with zero attached hydrogens (tertiary/aromatic N) is 1. The van der Waals surface area contributed by atoms with E-state index in [0.29, 0.717) is 13.0 Å². The third kappa shape index (κ3) is 3.70. The molecule has 1 aliphatic rings. The van der Waals surface area contributed by atoms with Gasteiger partial charge in [0.05, 0.1) is 12.5 Å². The van der Waals surface area contributed by atoms with Gasteiger partial charge in [-0.3, -0.25) is 4.79 Å². The number of halogens is 3. The number of hydrogen-bond acceptors (Lipinski definition) is 2. The third-order valence-corrected chi connectivity index (χ3v) is 2.54. The van der Waals surface area contributed by atoms with Crippen LogP contribution in [0.3, 0.4) is 0 Å². The van der Waals surface area contributed by atoms with Crippen molar-refractivity contribution in [1.29, 1.82) is 0 Å². The van der Waals surface area contributed by atoms with Crippen LogP contribution in [-0.2, 0) is 4.79 Å². The number of carbonyl (C=O) groups excluding carboxylic acids is 1. The zero-order chi connectivity index (χ0) is 11.5. The lowest BCUT2D eigenvalue weighted by atomic mass is 10.0. The molecule has 0 spiro atoms. The zero-order valence-corrected chi connectivity index (χ0v) is 8.60. The molecular weight excluding hydrogens is 209 g/mol. The molecule has 0 aromatic rings. The minimum Gasteiger partial charge on any atom is -0.341 e. The molecule has 0 aromatic carbocycles. The number of likely N-dealkylation sites (N-methyl/N-ethyl adjacent to an activating group) is 1. The number of alkyl halides is 3. The van der Waals surface area contributed by atoms with Gasteiger partial charge in [-0.15, -0.1) is 0 Å². The lowest BCUT2D eigenvalue weighted by Crippen LogP contribution is -2.50. The van der Waals surface area contributed by atoms with Crippen LogP contribution in [0.2, 0.25) is 0 Å². The number of likely N-dealkylation sites (tertiary alicyclic amines) is 1. The van der Waals surface area contributed by atoms with Crippen LogP contribution in [0.15, 0.2) is 0 Å². The summed E-state index contributed by atoms with van der Waals surface area (Å²) >= 11 is 0. The zero-order valence-electron chi connectivity index (χ0n) is 8.60. The Kier molecular flexibility index (Phi) is 3.96. The molecule has 1 unspecified atom stereocenters. The first kappa shape index (κ1) is 12.3. The smallest absolute Gasteiger partial charge is 0.341 e. The number of rotatable bonds is 3. The Bertz CT molecular complexity index is 230. The third-order valence-electron chi connectivity index (χ3n) is 2.54. The van der Waals surface area contributed by atoms with E-state index in [9.17, 15) is 18.0 Å². The summed E-state index contributed by atoms with van der Waals surface area (Å²) in [5.74, 6) is -0.215. The van der Waals surface area contributed by atoms with Crippen molar-refractivity contribution < 1.29 is 18.0 Å². The minimum absolute atomic E-state index is 0.215. The molecule has 0 aromatic heterocycles. The van der Waals surface area contributed by atoms with Crippen LogP contribution >= 0.6 is 0 Å². The van der Waals surface area contributed by atoms with E-state index in [4.69, 9.17) is 0 Å². The van der Waals surface area contributed by atoms with Crippen molar-refractivity contribution in [2.45, 2.75) is 31.5 Å². The Hall–Kier alpha value is -0.780. The molecule has 0 bridgehead atoms. The molecule has 1 heterocycles. The molecule has 1 N–H and O–H groups in total. The minimum atomic E-state index is -4.19. The van der Waals surface area contributed by atoms with Gasteiger partial charge in [-0.05, 0) is 19.9 Å². The molecule has 0 saturated carbocycles. The molecule has 1 aliphatic heterocycles. The van der Waals surface area contributed by atoms with E-state index in [2.05, 4.69) is 5.32 Å². The van der Waals surface area contributed by atoms with E-state index < -0.39 is 12.6 Å². The second kappa shape index (κ2) is 4.83. The van der Waals surface area contributed by atoms with Gasteiger partial charge in [-0.2, -0.15) is 13.2 Å². The molecule has 1 fully saturated rings. The van der Waals surface area contributed by atoms with Crippen LogP contribution in [0.5, 0.6) is 0 Å². The Labute approximate surface area is 86.6 Å². The SMILES string of the molecule is CNC1CCCN(CCC(F)(F)F)C1=O.